The van der Waals surface area contributed by atoms with Crippen LogP contribution in [0.5, 0.6) is 0 Å². The second-order valence-corrected chi connectivity index (χ2v) is 5.25. The Morgan fingerprint density at radius 2 is 1.43 bits per heavy atom. The predicted octanol–water partition coefficient (Wildman–Crippen LogP) is 1.51. The number of nitrogens with one attached hydrogen (secondary N) is 2. The lowest BCUT2D eigenvalue weighted by molar-refractivity contribution is 0.0941. The van der Waals surface area contributed by atoms with Crippen LogP contribution < -0.4 is 10.6 Å². The minimum Gasteiger partial charge on any atom is -0.352 e. The van der Waals surface area contributed by atoms with Crippen LogP contribution in [-0.4, -0.2) is 50.4 Å². The summed E-state index contributed by atoms with van der Waals surface area (Å²) in [6.07, 6.45) is 1.81. The second-order valence-electron chi connectivity index (χ2n) is 5.25. The number of rotatable bonds is 8. The third kappa shape index (κ3) is 6.40. The van der Waals surface area contributed by atoms with Gasteiger partial charge in [0, 0.05) is 24.2 Å². The Bertz CT molecular complexity index is 455. The molecule has 0 spiro atoms. The largest absolute Gasteiger partial charge is 0.352 e. The minimum absolute atomic E-state index is 0.102. The molecule has 116 valence electrons. The third-order valence-electron chi connectivity index (χ3n) is 3.01. The fourth-order valence-corrected chi connectivity index (χ4v) is 1.81. The zero-order valence-electron chi connectivity index (χ0n) is 13.1. The van der Waals surface area contributed by atoms with Crippen molar-refractivity contribution in [1.29, 1.82) is 0 Å². The van der Waals surface area contributed by atoms with E-state index < -0.39 is 0 Å². The molecule has 0 saturated carbocycles. The molecular formula is C16H25N3O2. The van der Waals surface area contributed by atoms with Crippen molar-refractivity contribution < 1.29 is 9.59 Å². The summed E-state index contributed by atoms with van der Waals surface area (Å²) >= 11 is 0. The second kappa shape index (κ2) is 9.13. The van der Waals surface area contributed by atoms with Crippen molar-refractivity contribution in [3.05, 3.63) is 35.4 Å². The molecule has 0 aliphatic carbocycles. The number of benzene rings is 1. The molecular weight excluding hydrogens is 266 g/mol. The van der Waals surface area contributed by atoms with Crippen molar-refractivity contribution >= 4 is 11.8 Å². The first kappa shape index (κ1) is 17.2. The lowest BCUT2D eigenvalue weighted by atomic mass is 10.1. The predicted molar refractivity (Wildman–Crippen MR) is 84.6 cm³/mol. The van der Waals surface area contributed by atoms with Crippen LogP contribution in [0.2, 0.25) is 0 Å². The maximum absolute atomic E-state index is 11.9. The van der Waals surface area contributed by atoms with E-state index in [9.17, 15) is 9.59 Å². The molecule has 0 fully saturated rings. The molecule has 1 aromatic rings. The number of hydrogen-bond donors (Lipinski definition) is 2. The first-order chi connectivity index (χ1) is 10.0. The van der Waals surface area contributed by atoms with Crippen molar-refractivity contribution in [1.82, 2.24) is 15.5 Å². The van der Waals surface area contributed by atoms with Crippen LogP contribution in [0.15, 0.2) is 24.3 Å². The Morgan fingerprint density at radius 3 is 1.86 bits per heavy atom. The van der Waals surface area contributed by atoms with Crippen LogP contribution in [0.3, 0.4) is 0 Å². The number of carbonyl (C=O) groups is 2. The zero-order valence-corrected chi connectivity index (χ0v) is 13.1. The van der Waals surface area contributed by atoms with Gasteiger partial charge in [-0.2, -0.15) is 0 Å². The summed E-state index contributed by atoms with van der Waals surface area (Å²) in [5.41, 5.74) is 1.15. The molecule has 5 nitrogen and oxygen atoms in total. The van der Waals surface area contributed by atoms with E-state index in [2.05, 4.69) is 15.5 Å². The van der Waals surface area contributed by atoms with Crippen LogP contribution in [0.25, 0.3) is 0 Å². The molecule has 0 radical (unpaired) electrons. The maximum Gasteiger partial charge on any atom is 0.251 e. The standard InChI is InChI=1S/C16H25N3O2/c1-4-10-17-15(20)13-6-8-14(9-7-13)16(21)18-11-5-12-19(2)3/h6-9H,4-5,10-12H2,1-3H3,(H,17,20)(H,18,21). The molecule has 0 saturated heterocycles. The van der Waals surface area contributed by atoms with E-state index in [0.29, 0.717) is 24.2 Å². The smallest absolute Gasteiger partial charge is 0.251 e. The first-order valence-electron chi connectivity index (χ1n) is 7.35. The van der Waals surface area contributed by atoms with Gasteiger partial charge >= 0.3 is 0 Å². The molecule has 0 aliphatic heterocycles. The summed E-state index contributed by atoms with van der Waals surface area (Å²) in [5, 5.41) is 5.68. The van der Waals surface area contributed by atoms with Gasteiger partial charge in [0.25, 0.3) is 11.8 Å². The molecule has 1 rings (SSSR count). The lowest BCUT2D eigenvalue weighted by Gasteiger charge is -2.10. The average Bonchev–Trinajstić information content (AvgIpc) is 2.49. The normalized spacial score (nSPS) is 10.5. The Hall–Kier alpha value is -1.88. The van der Waals surface area contributed by atoms with Gasteiger partial charge in [-0.3, -0.25) is 9.59 Å². The molecule has 0 bridgehead atoms. The van der Waals surface area contributed by atoms with Crippen molar-refractivity contribution in [2.75, 3.05) is 33.7 Å². The van der Waals surface area contributed by atoms with Gasteiger partial charge in [-0.15, -0.1) is 0 Å². The van der Waals surface area contributed by atoms with Gasteiger partial charge in [-0.05, 0) is 57.7 Å². The molecule has 1 aromatic carbocycles. The molecule has 0 atom stereocenters. The number of hydrogen-bond acceptors (Lipinski definition) is 3. The van der Waals surface area contributed by atoms with Gasteiger partial charge in [-0.25, -0.2) is 0 Å². The number of nitrogens with zero attached hydrogens (tertiary/aromatic N) is 1. The quantitative estimate of drug-likeness (QED) is 0.714. The van der Waals surface area contributed by atoms with Gasteiger partial charge in [0.05, 0.1) is 0 Å². The van der Waals surface area contributed by atoms with Crippen molar-refractivity contribution in [2.24, 2.45) is 0 Å². The van der Waals surface area contributed by atoms with Crippen molar-refractivity contribution in [3.63, 3.8) is 0 Å². The summed E-state index contributed by atoms with van der Waals surface area (Å²) < 4.78 is 0. The van der Waals surface area contributed by atoms with Crippen molar-refractivity contribution in [3.8, 4) is 0 Å². The van der Waals surface area contributed by atoms with E-state index in [1.165, 1.54) is 0 Å². The topological polar surface area (TPSA) is 61.4 Å². The minimum atomic E-state index is -0.103. The Morgan fingerprint density at radius 1 is 0.952 bits per heavy atom. The van der Waals surface area contributed by atoms with Gasteiger partial charge in [0.15, 0.2) is 0 Å². The summed E-state index contributed by atoms with van der Waals surface area (Å²) in [5.74, 6) is -0.205. The molecule has 0 aliphatic rings. The highest BCUT2D eigenvalue weighted by Gasteiger charge is 2.08. The molecule has 21 heavy (non-hydrogen) atoms. The average molecular weight is 291 g/mol. The Kier molecular flexibility index (Phi) is 7.46. The summed E-state index contributed by atoms with van der Waals surface area (Å²) in [6, 6.07) is 6.73. The van der Waals surface area contributed by atoms with E-state index >= 15 is 0 Å². The molecule has 0 heterocycles. The van der Waals surface area contributed by atoms with Gasteiger partial charge in [0.2, 0.25) is 0 Å². The Labute approximate surface area is 126 Å². The van der Waals surface area contributed by atoms with Gasteiger partial charge in [0.1, 0.15) is 0 Å². The van der Waals surface area contributed by atoms with Crippen LogP contribution in [-0.2, 0) is 0 Å². The fourth-order valence-electron chi connectivity index (χ4n) is 1.81. The highest BCUT2D eigenvalue weighted by Crippen LogP contribution is 2.04. The molecule has 0 unspecified atom stereocenters. The number of carbonyl (C=O) groups excluding carboxylic acids is 2. The van der Waals surface area contributed by atoms with Crippen LogP contribution in [0.4, 0.5) is 0 Å². The molecule has 5 heteroatoms. The van der Waals surface area contributed by atoms with Crippen LogP contribution in [0.1, 0.15) is 40.5 Å². The van der Waals surface area contributed by atoms with E-state index in [1.54, 1.807) is 24.3 Å². The SMILES string of the molecule is CCCNC(=O)c1ccc(C(=O)NCCCN(C)C)cc1. The highest BCUT2D eigenvalue weighted by atomic mass is 16.2. The van der Waals surface area contributed by atoms with E-state index in [4.69, 9.17) is 0 Å². The lowest BCUT2D eigenvalue weighted by Crippen LogP contribution is -2.27. The number of amides is 2. The summed E-state index contributed by atoms with van der Waals surface area (Å²) in [7, 11) is 4.01. The van der Waals surface area contributed by atoms with Gasteiger partial charge in [-0.1, -0.05) is 6.92 Å². The maximum atomic E-state index is 11.9. The van der Waals surface area contributed by atoms with E-state index in [-0.39, 0.29) is 11.8 Å². The first-order valence-corrected chi connectivity index (χ1v) is 7.35. The summed E-state index contributed by atoms with van der Waals surface area (Å²) in [6.45, 7) is 4.25. The third-order valence-corrected chi connectivity index (χ3v) is 3.01. The van der Waals surface area contributed by atoms with E-state index in [0.717, 1.165) is 19.4 Å². The van der Waals surface area contributed by atoms with Crippen LogP contribution in [0, 0.1) is 0 Å². The van der Waals surface area contributed by atoms with Crippen LogP contribution >= 0.6 is 0 Å². The van der Waals surface area contributed by atoms with Crippen molar-refractivity contribution in [2.45, 2.75) is 19.8 Å². The molecule has 2 N–H and O–H groups in total. The fraction of sp³-hybridized carbons (Fsp3) is 0.500. The molecule has 0 aromatic heterocycles. The monoisotopic (exact) mass is 291 g/mol. The summed E-state index contributed by atoms with van der Waals surface area (Å²) in [4.78, 5) is 25.7. The zero-order chi connectivity index (χ0) is 15.7. The Balaban J connectivity index is 2.45. The molecule has 2 amide bonds. The van der Waals surface area contributed by atoms with Gasteiger partial charge < -0.3 is 15.5 Å². The highest BCUT2D eigenvalue weighted by molar-refractivity contribution is 5.97. The van der Waals surface area contributed by atoms with E-state index in [1.807, 2.05) is 21.0 Å².